The van der Waals surface area contributed by atoms with E-state index < -0.39 is 0 Å². The fraction of sp³-hybridized carbons (Fsp3) is 0.278. The van der Waals surface area contributed by atoms with Gasteiger partial charge in [-0.3, -0.25) is 5.43 Å². The predicted octanol–water partition coefficient (Wildman–Crippen LogP) is 2.98. The monoisotopic (exact) mass is 311 g/mol. The molecule has 1 aliphatic heterocycles. The molecule has 3 rings (SSSR count). The van der Waals surface area contributed by atoms with E-state index in [0.717, 1.165) is 43.3 Å². The minimum atomic E-state index is 0.771. The lowest BCUT2D eigenvalue weighted by Crippen LogP contribution is -2.36. The molecular weight excluding hydrogens is 290 g/mol. The third-order valence-electron chi connectivity index (χ3n) is 3.77. The maximum absolute atomic E-state index is 5.38. The highest BCUT2D eigenvalue weighted by Crippen LogP contribution is 2.22. The van der Waals surface area contributed by atoms with Crippen LogP contribution in [-0.4, -0.2) is 39.6 Å². The molecule has 1 N–H and O–H groups in total. The van der Waals surface area contributed by atoms with Gasteiger partial charge in [0.05, 0.1) is 32.2 Å². The molecule has 120 valence electrons. The van der Waals surface area contributed by atoms with Crippen molar-refractivity contribution in [3.63, 3.8) is 0 Å². The lowest BCUT2D eigenvalue weighted by molar-refractivity contribution is 0.122. The number of benzene rings is 2. The van der Waals surface area contributed by atoms with Crippen LogP contribution < -0.4 is 15.1 Å². The molecule has 5 nitrogen and oxygen atoms in total. The summed E-state index contributed by atoms with van der Waals surface area (Å²) in [6.45, 7) is 3.49. The summed E-state index contributed by atoms with van der Waals surface area (Å²) in [6.07, 6.45) is 1.80. The van der Waals surface area contributed by atoms with Gasteiger partial charge in [0, 0.05) is 18.8 Å². The molecule has 0 radical (unpaired) electrons. The Morgan fingerprint density at radius 2 is 1.83 bits per heavy atom. The Balaban J connectivity index is 1.61. The summed E-state index contributed by atoms with van der Waals surface area (Å²) in [4.78, 5) is 2.33. The zero-order valence-electron chi connectivity index (χ0n) is 13.2. The van der Waals surface area contributed by atoms with E-state index >= 15 is 0 Å². The zero-order chi connectivity index (χ0) is 15.9. The zero-order valence-corrected chi connectivity index (χ0v) is 13.2. The van der Waals surface area contributed by atoms with Crippen molar-refractivity contribution in [1.82, 2.24) is 0 Å². The Hall–Kier alpha value is -2.53. The Bertz CT molecular complexity index is 650. The van der Waals surface area contributed by atoms with Gasteiger partial charge < -0.3 is 14.4 Å². The van der Waals surface area contributed by atoms with Gasteiger partial charge in [0.1, 0.15) is 5.75 Å². The van der Waals surface area contributed by atoms with Crippen molar-refractivity contribution < 1.29 is 9.47 Å². The summed E-state index contributed by atoms with van der Waals surface area (Å²) in [5.41, 5.74) is 6.12. The summed E-state index contributed by atoms with van der Waals surface area (Å²) < 4.78 is 10.7. The first kappa shape index (κ1) is 15.4. The molecule has 5 heteroatoms. The molecule has 0 amide bonds. The first-order valence-electron chi connectivity index (χ1n) is 7.71. The van der Waals surface area contributed by atoms with Crippen LogP contribution in [0.5, 0.6) is 5.75 Å². The highest BCUT2D eigenvalue weighted by Gasteiger charge is 2.10. The van der Waals surface area contributed by atoms with Crippen LogP contribution in [0, 0.1) is 0 Å². The summed E-state index contributed by atoms with van der Waals surface area (Å²) in [6, 6.07) is 16.1. The first-order chi connectivity index (χ1) is 11.4. The Labute approximate surface area is 136 Å². The van der Waals surface area contributed by atoms with Crippen LogP contribution in [0.25, 0.3) is 0 Å². The summed E-state index contributed by atoms with van der Waals surface area (Å²) in [7, 11) is 1.65. The molecule has 1 saturated heterocycles. The van der Waals surface area contributed by atoms with Gasteiger partial charge in [-0.1, -0.05) is 24.3 Å². The Morgan fingerprint density at radius 3 is 2.57 bits per heavy atom. The summed E-state index contributed by atoms with van der Waals surface area (Å²) in [5.74, 6) is 0.771. The van der Waals surface area contributed by atoms with Gasteiger partial charge in [-0.2, -0.15) is 5.10 Å². The third-order valence-corrected chi connectivity index (χ3v) is 3.77. The molecule has 2 aromatic carbocycles. The first-order valence-corrected chi connectivity index (χ1v) is 7.71. The van der Waals surface area contributed by atoms with Crippen LogP contribution in [0.4, 0.5) is 11.4 Å². The van der Waals surface area contributed by atoms with Crippen LogP contribution in [0.15, 0.2) is 53.6 Å². The van der Waals surface area contributed by atoms with E-state index in [0.29, 0.717) is 0 Å². The fourth-order valence-electron chi connectivity index (χ4n) is 2.51. The van der Waals surface area contributed by atoms with Crippen LogP contribution in [0.1, 0.15) is 5.56 Å². The van der Waals surface area contributed by atoms with Gasteiger partial charge in [0.15, 0.2) is 0 Å². The van der Waals surface area contributed by atoms with Gasteiger partial charge >= 0.3 is 0 Å². The number of anilines is 2. The third kappa shape index (κ3) is 4.02. The average molecular weight is 311 g/mol. The van der Waals surface area contributed by atoms with Crippen molar-refractivity contribution >= 4 is 17.6 Å². The van der Waals surface area contributed by atoms with Crippen molar-refractivity contribution in [2.75, 3.05) is 43.7 Å². The van der Waals surface area contributed by atoms with E-state index in [1.54, 1.807) is 13.3 Å². The van der Waals surface area contributed by atoms with Crippen molar-refractivity contribution in [2.24, 2.45) is 5.10 Å². The number of ether oxygens (including phenoxy) is 2. The van der Waals surface area contributed by atoms with E-state index in [9.17, 15) is 0 Å². The highest BCUT2D eigenvalue weighted by atomic mass is 16.5. The van der Waals surface area contributed by atoms with E-state index in [2.05, 4.69) is 39.7 Å². The van der Waals surface area contributed by atoms with E-state index in [4.69, 9.17) is 9.47 Å². The molecule has 0 saturated carbocycles. The molecule has 2 aromatic rings. The van der Waals surface area contributed by atoms with E-state index in [-0.39, 0.29) is 0 Å². The quantitative estimate of drug-likeness (QED) is 0.681. The topological polar surface area (TPSA) is 46.1 Å². The van der Waals surface area contributed by atoms with E-state index in [1.807, 2.05) is 24.3 Å². The average Bonchev–Trinajstić information content (AvgIpc) is 2.63. The Kier molecular flexibility index (Phi) is 5.11. The Morgan fingerprint density at radius 1 is 1.09 bits per heavy atom. The minimum absolute atomic E-state index is 0.771. The molecule has 1 heterocycles. The highest BCUT2D eigenvalue weighted by molar-refractivity contribution is 5.81. The normalized spacial score (nSPS) is 14.9. The summed E-state index contributed by atoms with van der Waals surface area (Å²) in [5, 5.41) is 4.27. The van der Waals surface area contributed by atoms with Gasteiger partial charge in [-0.25, -0.2) is 0 Å². The van der Waals surface area contributed by atoms with Gasteiger partial charge in [0.2, 0.25) is 0 Å². The standard InChI is InChI=1S/C18H21N3O2/c1-22-18-5-3-2-4-17(18)20-19-14-15-6-8-16(9-7-15)21-10-12-23-13-11-21/h2-9,14,20H,10-13H2,1H3/b19-14-. The SMILES string of the molecule is COc1ccccc1N/N=C\c1ccc(N2CCOCC2)cc1. The lowest BCUT2D eigenvalue weighted by Gasteiger charge is -2.28. The van der Waals surface area contributed by atoms with Gasteiger partial charge in [0.25, 0.3) is 0 Å². The molecule has 0 atom stereocenters. The number of rotatable bonds is 5. The molecule has 0 spiro atoms. The van der Waals surface area contributed by atoms with Crippen molar-refractivity contribution in [1.29, 1.82) is 0 Å². The van der Waals surface area contributed by atoms with Crippen molar-refractivity contribution in [3.05, 3.63) is 54.1 Å². The molecule has 0 aliphatic carbocycles. The van der Waals surface area contributed by atoms with Gasteiger partial charge in [-0.05, 0) is 29.8 Å². The largest absolute Gasteiger partial charge is 0.495 e. The number of hydrazone groups is 1. The maximum atomic E-state index is 5.38. The number of nitrogens with zero attached hydrogens (tertiary/aromatic N) is 2. The second kappa shape index (κ2) is 7.65. The van der Waals surface area contributed by atoms with Crippen LogP contribution in [0.3, 0.4) is 0 Å². The second-order valence-electron chi connectivity index (χ2n) is 5.26. The molecule has 1 aliphatic rings. The molecular formula is C18H21N3O2. The number of para-hydroxylation sites is 2. The van der Waals surface area contributed by atoms with Crippen molar-refractivity contribution in [3.8, 4) is 5.75 Å². The molecule has 1 fully saturated rings. The molecule has 0 unspecified atom stereocenters. The van der Waals surface area contributed by atoms with Crippen LogP contribution in [-0.2, 0) is 4.74 Å². The number of hydrogen-bond acceptors (Lipinski definition) is 5. The van der Waals surface area contributed by atoms with Gasteiger partial charge in [-0.15, -0.1) is 0 Å². The number of nitrogens with one attached hydrogen (secondary N) is 1. The minimum Gasteiger partial charge on any atom is -0.495 e. The summed E-state index contributed by atoms with van der Waals surface area (Å²) >= 11 is 0. The molecule has 0 bridgehead atoms. The number of methoxy groups -OCH3 is 1. The van der Waals surface area contributed by atoms with Crippen LogP contribution >= 0.6 is 0 Å². The predicted molar refractivity (Wildman–Crippen MR) is 93.7 cm³/mol. The smallest absolute Gasteiger partial charge is 0.143 e. The number of morpholine rings is 1. The molecule has 23 heavy (non-hydrogen) atoms. The molecule has 0 aromatic heterocycles. The van der Waals surface area contributed by atoms with Crippen molar-refractivity contribution in [2.45, 2.75) is 0 Å². The second-order valence-corrected chi connectivity index (χ2v) is 5.26. The number of hydrogen-bond donors (Lipinski definition) is 1. The van der Waals surface area contributed by atoms with E-state index in [1.165, 1.54) is 5.69 Å². The van der Waals surface area contributed by atoms with Crippen LogP contribution in [0.2, 0.25) is 0 Å². The lowest BCUT2D eigenvalue weighted by atomic mass is 10.2. The fourth-order valence-corrected chi connectivity index (χ4v) is 2.51. The maximum Gasteiger partial charge on any atom is 0.143 e.